The molecule has 2 rings (SSSR count). The molecule has 0 aliphatic rings. The second kappa shape index (κ2) is 5.25. The van der Waals surface area contributed by atoms with Gasteiger partial charge in [-0.25, -0.2) is 0 Å². The van der Waals surface area contributed by atoms with Crippen LogP contribution in [0.2, 0.25) is 0 Å². The van der Waals surface area contributed by atoms with E-state index in [2.05, 4.69) is 33.4 Å². The van der Waals surface area contributed by atoms with E-state index in [1.807, 2.05) is 11.4 Å². The smallest absolute Gasteiger partial charge is 0.0701 e. The summed E-state index contributed by atoms with van der Waals surface area (Å²) < 4.78 is 1.13. The van der Waals surface area contributed by atoms with Crippen molar-refractivity contribution in [3.05, 3.63) is 43.2 Å². The van der Waals surface area contributed by atoms with Crippen LogP contribution >= 0.6 is 38.6 Å². The second-order valence-electron chi connectivity index (χ2n) is 3.40. The number of aliphatic hydroxyl groups is 1. The molecular formula is C11H11BrOS2. The van der Waals surface area contributed by atoms with Crippen LogP contribution in [0.25, 0.3) is 0 Å². The van der Waals surface area contributed by atoms with Crippen LogP contribution in [0.1, 0.15) is 10.4 Å². The van der Waals surface area contributed by atoms with Gasteiger partial charge in [-0.3, -0.25) is 0 Å². The molecule has 0 radical (unpaired) electrons. The maximum Gasteiger partial charge on any atom is 0.0701 e. The Bertz CT molecular complexity index is 408. The van der Waals surface area contributed by atoms with Gasteiger partial charge in [-0.15, -0.1) is 11.3 Å². The Labute approximate surface area is 106 Å². The molecule has 0 aliphatic carbocycles. The van der Waals surface area contributed by atoms with Crippen molar-refractivity contribution >= 4 is 38.6 Å². The third-order valence-corrected chi connectivity index (χ3v) is 4.50. The molecule has 0 aromatic carbocycles. The van der Waals surface area contributed by atoms with E-state index in [9.17, 15) is 5.11 Å². The van der Waals surface area contributed by atoms with Crippen LogP contribution in [0.5, 0.6) is 0 Å². The summed E-state index contributed by atoms with van der Waals surface area (Å²) in [5.74, 6) is 0. The van der Waals surface area contributed by atoms with Gasteiger partial charge in [-0.2, -0.15) is 11.3 Å². The maximum atomic E-state index is 9.88. The van der Waals surface area contributed by atoms with Gasteiger partial charge < -0.3 is 5.11 Å². The van der Waals surface area contributed by atoms with Gasteiger partial charge in [-0.05, 0) is 56.9 Å². The Morgan fingerprint density at radius 3 is 2.73 bits per heavy atom. The molecule has 0 fully saturated rings. The van der Waals surface area contributed by atoms with Crippen molar-refractivity contribution in [1.29, 1.82) is 0 Å². The van der Waals surface area contributed by atoms with Gasteiger partial charge in [0, 0.05) is 11.3 Å². The Morgan fingerprint density at radius 2 is 2.13 bits per heavy atom. The van der Waals surface area contributed by atoms with Crippen LogP contribution in [0.3, 0.4) is 0 Å². The Kier molecular flexibility index (Phi) is 3.97. The van der Waals surface area contributed by atoms with E-state index < -0.39 is 0 Å². The van der Waals surface area contributed by atoms with Crippen LogP contribution in [-0.4, -0.2) is 11.2 Å². The number of rotatable bonds is 4. The molecular weight excluding hydrogens is 292 g/mol. The SMILES string of the molecule is OC(Cc1ccsc1)Cc1ccc(Br)s1. The highest BCUT2D eigenvalue weighted by molar-refractivity contribution is 9.11. The van der Waals surface area contributed by atoms with Gasteiger partial charge in [0.15, 0.2) is 0 Å². The second-order valence-corrected chi connectivity index (χ2v) is 6.73. The maximum absolute atomic E-state index is 9.88. The largest absolute Gasteiger partial charge is 0.392 e. The molecule has 2 aromatic rings. The first-order valence-corrected chi connectivity index (χ1v) is 7.22. The Morgan fingerprint density at radius 1 is 1.27 bits per heavy atom. The third kappa shape index (κ3) is 3.41. The lowest BCUT2D eigenvalue weighted by atomic mass is 10.1. The highest BCUT2D eigenvalue weighted by Crippen LogP contribution is 2.23. The van der Waals surface area contributed by atoms with Crippen molar-refractivity contribution in [3.63, 3.8) is 0 Å². The molecule has 0 spiro atoms. The van der Waals surface area contributed by atoms with Crippen molar-refractivity contribution in [2.24, 2.45) is 0 Å². The van der Waals surface area contributed by atoms with Gasteiger partial charge in [0.2, 0.25) is 0 Å². The van der Waals surface area contributed by atoms with Crippen molar-refractivity contribution in [2.75, 3.05) is 0 Å². The molecule has 15 heavy (non-hydrogen) atoms. The zero-order valence-corrected chi connectivity index (χ0v) is 11.2. The molecule has 0 aliphatic heterocycles. The van der Waals surface area contributed by atoms with Crippen molar-refractivity contribution in [1.82, 2.24) is 0 Å². The number of thiophene rings is 2. The minimum atomic E-state index is -0.273. The van der Waals surface area contributed by atoms with E-state index in [-0.39, 0.29) is 6.10 Å². The van der Waals surface area contributed by atoms with Gasteiger partial charge >= 0.3 is 0 Å². The standard InChI is InChI=1S/C11H11BrOS2/c12-11-2-1-10(15-11)6-9(13)5-8-3-4-14-7-8/h1-4,7,9,13H,5-6H2. The molecule has 1 nitrogen and oxygen atoms in total. The molecule has 80 valence electrons. The quantitative estimate of drug-likeness (QED) is 0.913. The van der Waals surface area contributed by atoms with E-state index in [4.69, 9.17) is 0 Å². The number of hydrogen-bond acceptors (Lipinski definition) is 3. The molecule has 4 heteroatoms. The van der Waals surface area contributed by atoms with E-state index in [0.717, 1.165) is 16.6 Å². The predicted molar refractivity (Wildman–Crippen MR) is 69.8 cm³/mol. The van der Waals surface area contributed by atoms with Crippen LogP contribution in [-0.2, 0) is 12.8 Å². The summed E-state index contributed by atoms with van der Waals surface area (Å²) in [5, 5.41) is 14.0. The van der Waals surface area contributed by atoms with Crippen molar-refractivity contribution in [3.8, 4) is 0 Å². The number of halogens is 1. The number of hydrogen-bond donors (Lipinski definition) is 1. The van der Waals surface area contributed by atoms with Crippen molar-refractivity contribution in [2.45, 2.75) is 18.9 Å². The molecule has 2 heterocycles. The van der Waals surface area contributed by atoms with Gasteiger partial charge in [0.1, 0.15) is 0 Å². The summed E-state index contributed by atoms with van der Waals surface area (Å²) in [6.07, 6.45) is 1.22. The van der Waals surface area contributed by atoms with Crippen LogP contribution in [0.4, 0.5) is 0 Å². The monoisotopic (exact) mass is 302 g/mol. The number of aliphatic hydroxyl groups excluding tert-OH is 1. The average Bonchev–Trinajstić information content (AvgIpc) is 2.77. The van der Waals surface area contributed by atoms with Crippen LogP contribution in [0, 0.1) is 0 Å². The minimum Gasteiger partial charge on any atom is -0.392 e. The van der Waals surface area contributed by atoms with Crippen molar-refractivity contribution < 1.29 is 5.11 Å². The minimum absolute atomic E-state index is 0.273. The predicted octanol–water partition coefficient (Wildman–Crippen LogP) is 3.72. The van der Waals surface area contributed by atoms with E-state index in [1.54, 1.807) is 22.7 Å². The zero-order chi connectivity index (χ0) is 10.7. The summed E-state index contributed by atoms with van der Waals surface area (Å²) in [7, 11) is 0. The Hall–Kier alpha value is -0.160. The lowest BCUT2D eigenvalue weighted by Gasteiger charge is -2.07. The molecule has 0 amide bonds. The molecule has 2 aromatic heterocycles. The molecule has 0 saturated heterocycles. The van der Waals surface area contributed by atoms with Gasteiger partial charge in [0.05, 0.1) is 9.89 Å². The first-order valence-electron chi connectivity index (χ1n) is 4.67. The molecule has 1 N–H and O–H groups in total. The topological polar surface area (TPSA) is 20.2 Å². The summed E-state index contributed by atoms with van der Waals surface area (Å²) in [6.45, 7) is 0. The molecule has 1 unspecified atom stereocenters. The summed E-state index contributed by atoms with van der Waals surface area (Å²) >= 11 is 6.79. The first-order chi connectivity index (χ1) is 7.24. The fourth-order valence-electron chi connectivity index (χ4n) is 1.45. The summed E-state index contributed by atoms with van der Waals surface area (Å²) in [4.78, 5) is 1.23. The fourth-order valence-corrected chi connectivity index (χ4v) is 3.68. The lowest BCUT2D eigenvalue weighted by Crippen LogP contribution is -2.12. The highest BCUT2D eigenvalue weighted by atomic mass is 79.9. The van der Waals surface area contributed by atoms with E-state index >= 15 is 0 Å². The zero-order valence-electron chi connectivity index (χ0n) is 8.02. The summed E-state index contributed by atoms with van der Waals surface area (Å²) in [5.41, 5.74) is 1.23. The first kappa shape index (κ1) is 11.3. The highest BCUT2D eigenvalue weighted by Gasteiger charge is 2.08. The van der Waals surface area contributed by atoms with Gasteiger partial charge in [0.25, 0.3) is 0 Å². The van der Waals surface area contributed by atoms with Crippen LogP contribution < -0.4 is 0 Å². The molecule has 0 saturated carbocycles. The van der Waals surface area contributed by atoms with Crippen LogP contribution in [0.15, 0.2) is 32.7 Å². The van der Waals surface area contributed by atoms with Gasteiger partial charge in [-0.1, -0.05) is 0 Å². The fraction of sp³-hybridized carbons (Fsp3) is 0.273. The third-order valence-electron chi connectivity index (χ3n) is 2.12. The lowest BCUT2D eigenvalue weighted by molar-refractivity contribution is 0.176. The van der Waals surface area contributed by atoms with E-state index in [1.165, 1.54) is 10.4 Å². The molecule has 1 atom stereocenters. The Balaban J connectivity index is 1.90. The van der Waals surface area contributed by atoms with E-state index in [0.29, 0.717) is 0 Å². The molecule has 0 bridgehead atoms. The normalized spacial score (nSPS) is 12.9. The average molecular weight is 303 g/mol. The summed E-state index contributed by atoms with van der Waals surface area (Å²) in [6, 6.07) is 6.15.